The van der Waals surface area contributed by atoms with Crippen LogP contribution in [0.4, 0.5) is 10.1 Å². The number of anilines is 1. The van der Waals surface area contributed by atoms with E-state index in [4.69, 9.17) is 0 Å². The van der Waals surface area contributed by atoms with Gasteiger partial charge in [0.1, 0.15) is 5.82 Å². The van der Waals surface area contributed by atoms with Gasteiger partial charge < -0.3 is 10.2 Å². The van der Waals surface area contributed by atoms with Crippen molar-refractivity contribution in [3.8, 4) is 0 Å². The quantitative estimate of drug-likeness (QED) is 0.839. The van der Waals surface area contributed by atoms with Crippen LogP contribution in [0.2, 0.25) is 0 Å². The molecule has 1 aliphatic rings. The minimum atomic E-state index is -0.149. The third kappa shape index (κ3) is 4.70. The Balaban J connectivity index is 2.15. The van der Waals surface area contributed by atoms with Gasteiger partial charge >= 0.3 is 0 Å². The highest BCUT2D eigenvalue weighted by atomic mass is 19.1. The van der Waals surface area contributed by atoms with Crippen LogP contribution in [0.25, 0.3) is 0 Å². The van der Waals surface area contributed by atoms with Gasteiger partial charge in [-0.1, -0.05) is 6.42 Å². The summed E-state index contributed by atoms with van der Waals surface area (Å²) in [6.07, 6.45) is 4.05. The zero-order chi connectivity index (χ0) is 15.5. The normalized spacial score (nSPS) is 15.9. The number of nitrogens with one attached hydrogen (secondary N) is 1. The smallest absolute Gasteiger partial charge is 0.123 e. The standard InChI is InChI=1S/C18H29FN2/c1-5-21(13-14-7-6-8-14)17-10-9-16(19)11-15(17)12-20-18(2,3)4/h9-11,14,20H,5-8,12-13H2,1-4H3. The molecule has 1 aromatic carbocycles. The largest absolute Gasteiger partial charge is 0.371 e. The first-order valence-electron chi connectivity index (χ1n) is 8.17. The lowest BCUT2D eigenvalue weighted by atomic mass is 9.85. The molecule has 0 spiro atoms. The molecule has 21 heavy (non-hydrogen) atoms. The number of benzene rings is 1. The van der Waals surface area contributed by atoms with E-state index >= 15 is 0 Å². The molecule has 0 saturated heterocycles. The van der Waals surface area contributed by atoms with Gasteiger partial charge in [-0.25, -0.2) is 4.39 Å². The van der Waals surface area contributed by atoms with E-state index in [0.717, 1.165) is 24.6 Å². The van der Waals surface area contributed by atoms with E-state index in [0.29, 0.717) is 6.54 Å². The van der Waals surface area contributed by atoms with Crippen LogP contribution >= 0.6 is 0 Å². The Morgan fingerprint density at radius 2 is 2.00 bits per heavy atom. The van der Waals surface area contributed by atoms with Crippen LogP contribution in [0.15, 0.2) is 18.2 Å². The Morgan fingerprint density at radius 1 is 1.29 bits per heavy atom. The Labute approximate surface area is 128 Å². The van der Waals surface area contributed by atoms with Gasteiger partial charge in [-0.15, -0.1) is 0 Å². The summed E-state index contributed by atoms with van der Waals surface area (Å²) in [5, 5.41) is 3.47. The van der Waals surface area contributed by atoms with Crippen LogP contribution in [0, 0.1) is 11.7 Å². The summed E-state index contributed by atoms with van der Waals surface area (Å²) in [5.41, 5.74) is 2.28. The highest BCUT2D eigenvalue weighted by Gasteiger charge is 2.22. The lowest BCUT2D eigenvalue weighted by Crippen LogP contribution is -2.37. The summed E-state index contributed by atoms with van der Waals surface area (Å²) in [5.74, 6) is 0.669. The van der Waals surface area contributed by atoms with Gasteiger partial charge in [0.05, 0.1) is 0 Å². The Hall–Kier alpha value is -1.09. The van der Waals surface area contributed by atoms with Crippen LogP contribution < -0.4 is 10.2 Å². The number of rotatable bonds is 6. The molecule has 118 valence electrons. The molecule has 1 fully saturated rings. The molecule has 1 saturated carbocycles. The molecule has 2 nitrogen and oxygen atoms in total. The molecular weight excluding hydrogens is 263 g/mol. The molecule has 1 aliphatic carbocycles. The van der Waals surface area contributed by atoms with Crippen LogP contribution in [-0.4, -0.2) is 18.6 Å². The van der Waals surface area contributed by atoms with Gasteiger partial charge in [0.25, 0.3) is 0 Å². The van der Waals surface area contributed by atoms with Crippen molar-refractivity contribution < 1.29 is 4.39 Å². The average molecular weight is 292 g/mol. The van der Waals surface area contributed by atoms with E-state index < -0.39 is 0 Å². The topological polar surface area (TPSA) is 15.3 Å². The van der Waals surface area contributed by atoms with Crippen molar-refractivity contribution in [2.75, 3.05) is 18.0 Å². The van der Waals surface area contributed by atoms with Crippen molar-refractivity contribution in [2.45, 2.75) is 59.0 Å². The molecule has 0 aromatic heterocycles. The first-order chi connectivity index (χ1) is 9.89. The third-order valence-corrected chi connectivity index (χ3v) is 4.28. The zero-order valence-corrected chi connectivity index (χ0v) is 13.9. The average Bonchev–Trinajstić information content (AvgIpc) is 2.36. The maximum Gasteiger partial charge on any atom is 0.123 e. The van der Waals surface area contributed by atoms with Crippen LogP contribution in [0.5, 0.6) is 0 Å². The fourth-order valence-corrected chi connectivity index (χ4v) is 2.75. The molecule has 0 unspecified atom stereocenters. The van der Waals surface area contributed by atoms with Crippen molar-refractivity contribution in [3.63, 3.8) is 0 Å². The molecule has 0 aliphatic heterocycles. The minimum Gasteiger partial charge on any atom is -0.371 e. The number of hydrogen-bond acceptors (Lipinski definition) is 2. The lowest BCUT2D eigenvalue weighted by molar-refractivity contribution is 0.318. The maximum atomic E-state index is 13.6. The second-order valence-electron chi connectivity index (χ2n) is 7.21. The number of halogens is 1. The first kappa shape index (κ1) is 16.3. The molecule has 1 N–H and O–H groups in total. The van der Waals surface area contributed by atoms with Gasteiger partial charge in [0.2, 0.25) is 0 Å². The highest BCUT2D eigenvalue weighted by molar-refractivity contribution is 5.54. The van der Waals surface area contributed by atoms with E-state index in [2.05, 4.69) is 37.9 Å². The first-order valence-corrected chi connectivity index (χ1v) is 8.17. The van der Waals surface area contributed by atoms with Gasteiger partial charge in [0, 0.05) is 30.9 Å². The van der Waals surface area contributed by atoms with Gasteiger partial charge in [0.15, 0.2) is 0 Å². The Morgan fingerprint density at radius 3 is 2.52 bits per heavy atom. The summed E-state index contributed by atoms with van der Waals surface area (Å²) in [4.78, 5) is 2.41. The minimum absolute atomic E-state index is 0.0363. The van der Waals surface area contributed by atoms with Crippen LogP contribution in [-0.2, 0) is 6.54 Å². The molecule has 0 bridgehead atoms. The summed E-state index contributed by atoms with van der Waals surface area (Å²) in [6.45, 7) is 11.4. The van der Waals surface area contributed by atoms with E-state index in [1.807, 2.05) is 6.07 Å². The molecule has 0 atom stereocenters. The van der Waals surface area contributed by atoms with Gasteiger partial charge in [-0.05, 0) is 70.2 Å². The van der Waals surface area contributed by atoms with Gasteiger partial charge in [-0.2, -0.15) is 0 Å². The van der Waals surface area contributed by atoms with Crippen molar-refractivity contribution in [1.29, 1.82) is 0 Å². The van der Waals surface area contributed by atoms with Crippen LogP contribution in [0.3, 0.4) is 0 Å². The van der Waals surface area contributed by atoms with Crippen molar-refractivity contribution >= 4 is 5.69 Å². The summed E-state index contributed by atoms with van der Waals surface area (Å²) >= 11 is 0. The summed E-state index contributed by atoms with van der Waals surface area (Å²) < 4.78 is 13.6. The van der Waals surface area contributed by atoms with Crippen molar-refractivity contribution in [1.82, 2.24) is 5.32 Å². The molecule has 3 heteroatoms. The molecule has 2 rings (SSSR count). The SMILES string of the molecule is CCN(CC1CCC1)c1ccc(F)cc1CNC(C)(C)C. The molecule has 0 heterocycles. The van der Waals surface area contributed by atoms with E-state index in [9.17, 15) is 4.39 Å². The Bertz CT molecular complexity index is 461. The summed E-state index contributed by atoms with van der Waals surface area (Å²) in [7, 11) is 0. The Kier molecular flexibility index (Phi) is 5.26. The van der Waals surface area contributed by atoms with Crippen LogP contribution in [0.1, 0.15) is 52.5 Å². The highest BCUT2D eigenvalue weighted by Crippen LogP contribution is 2.30. The number of nitrogens with zero attached hydrogens (tertiary/aromatic N) is 1. The second-order valence-corrected chi connectivity index (χ2v) is 7.21. The third-order valence-electron chi connectivity index (χ3n) is 4.28. The van der Waals surface area contributed by atoms with Crippen molar-refractivity contribution in [3.05, 3.63) is 29.6 Å². The molecule has 0 amide bonds. The molecule has 0 radical (unpaired) electrons. The van der Waals surface area contributed by atoms with E-state index in [1.165, 1.54) is 24.9 Å². The van der Waals surface area contributed by atoms with Crippen molar-refractivity contribution in [2.24, 2.45) is 5.92 Å². The summed E-state index contributed by atoms with van der Waals surface area (Å²) in [6, 6.07) is 5.20. The van der Waals surface area contributed by atoms with E-state index in [1.54, 1.807) is 12.1 Å². The van der Waals surface area contributed by atoms with Gasteiger partial charge in [-0.3, -0.25) is 0 Å². The predicted octanol–water partition coefficient (Wildman–Crippen LogP) is 4.34. The fraction of sp³-hybridized carbons (Fsp3) is 0.667. The molecular formula is C18H29FN2. The molecule has 1 aromatic rings. The predicted molar refractivity (Wildman–Crippen MR) is 88.2 cm³/mol. The maximum absolute atomic E-state index is 13.6. The zero-order valence-electron chi connectivity index (χ0n) is 13.9. The number of hydrogen-bond donors (Lipinski definition) is 1. The lowest BCUT2D eigenvalue weighted by Gasteiger charge is -2.34. The fourth-order valence-electron chi connectivity index (χ4n) is 2.75. The second kappa shape index (κ2) is 6.78. The monoisotopic (exact) mass is 292 g/mol. The van der Waals surface area contributed by atoms with E-state index in [-0.39, 0.29) is 11.4 Å².